The van der Waals surface area contributed by atoms with Crippen LogP contribution in [0.4, 0.5) is 18.9 Å². The van der Waals surface area contributed by atoms with Crippen molar-refractivity contribution in [2.75, 3.05) is 11.9 Å². The number of alkyl halides is 3. The van der Waals surface area contributed by atoms with Gasteiger partial charge in [0.1, 0.15) is 0 Å². The minimum Gasteiger partial charge on any atom is -0.320 e. The molecule has 0 saturated heterocycles. The molecule has 0 aliphatic carbocycles. The maximum atomic E-state index is 12.5. The SMILES string of the molecule is [C-]#[N+]CC(=O)Nc1ccc(Cl)c(C(F)(F)F)c1. The van der Waals surface area contributed by atoms with Crippen molar-refractivity contribution in [1.82, 2.24) is 0 Å². The van der Waals surface area contributed by atoms with E-state index in [1.807, 2.05) is 0 Å². The third kappa shape index (κ3) is 3.64. The van der Waals surface area contributed by atoms with Gasteiger partial charge in [0.05, 0.1) is 10.6 Å². The Kier molecular flexibility index (Phi) is 3.97. The van der Waals surface area contributed by atoms with Gasteiger partial charge in [0.2, 0.25) is 0 Å². The first-order valence-electron chi connectivity index (χ1n) is 4.34. The molecule has 0 aliphatic rings. The molecule has 0 spiro atoms. The van der Waals surface area contributed by atoms with Gasteiger partial charge in [-0.1, -0.05) is 11.6 Å². The van der Waals surface area contributed by atoms with Crippen LogP contribution in [-0.2, 0) is 11.0 Å². The summed E-state index contributed by atoms with van der Waals surface area (Å²) >= 11 is 5.40. The highest BCUT2D eigenvalue weighted by Gasteiger charge is 2.33. The highest BCUT2D eigenvalue weighted by atomic mass is 35.5. The van der Waals surface area contributed by atoms with Crippen LogP contribution in [0.1, 0.15) is 5.56 Å². The summed E-state index contributed by atoms with van der Waals surface area (Å²) in [4.78, 5) is 13.8. The third-order valence-electron chi connectivity index (χ3n) is 1.78. The number of rotatable bonds is 2. The molecule has 1 aromatic rings. The van der Waals surface area contributed by atoms with Crippen LogP contribution in [0.2, 0.25) is 5.02 Å². The van der Waals surface area contributed by atoms with Gasteiger partial charge in [0.15, 0.2) is 0 Å². The number of carbonyl (C=O) groups excluding carboxylic acids is 1. The van der Waals surface area contributed by atoms with E-state index in [1.165, 1.54) is 6.07 Å². The summed E-state index contributed by atoms with van der Waals surface area (Å²) in [5.41, 5.74) is -1.07. The Hall–Kier alpha value is -1.74. The molecule has 0 saturated carbocycles. The monoisotopic (exact) mass is 262 g/mol. The number of hydrogen-bond donors (Lipinski definition) is 1. The minimum absolute atomic E-state index is 0.0459. The van der Waals surface area contributed by atoms with E-state index in [0.29, 0.717) is 0 Å². The van der Waals surface area contributed by atoms with E-state index in [9.17, 15) is 18.0 Å². The molecule has 1 amide bonds. The number of hydrogen-bond acceptors (Lipinski definition) is 1. The van der Waals surface area contributed by atoms with E-state index in [1.54, 1.807) is 0 Å². The highest BCUT2D eigenvalue weighted by Crippen LogP contribution is 2.36. The van der Waals surface area contributed by atoms with Crippen molar-refractivity contribution >= 4 is 23.2 Å². The van der Waals surface area contributed by atoms with Crippen LogP contribution in [0.15, 0.2) is 18.2 Å². The number of benzene rings is 1. The average molecular weight is 263 g/mol. The van der Waals surface area contributed by atoms with Crippen LogP contribution in [0.3, 0.4) is 0 Å². The van der Waals surface area contributed by atoms with Gasteiger partial charge < -0.3 is 10.2 Å². The third-order valence-corrected chi connectivity index (χ3v) is 2.11. The summed E-state index contributed by atoms with van der Waals surface area (Å²) in [6, 6.07) is 3.00. The summed E-state index contributed by atoms with van der Waals surface area (Å²) in [5, 5.41) is 1.73. The van der Waals surface area contributed by atoms with E-state index in [-0.39, 0.29) is 5.69 Å². The van der Waals surface area contributed by atoms with Crippen molar-refractivity contribution in [2.24, 2.45) is 0 Å². The van der Waals surface area contributed by atoms with E-state index in [2.05, 4.69) is 10.2 Å². The number of nitrogens with zero attached hydrogens (tertiary/aromatic N) is 1. The van der Waals surface area contributed by atoms with Crippen molar-refractivity contribution in [2.45, 2.75) is 6.18 Å². The lowest BCUT2D eigenvalue weighted by atomic mass is 10.2. The number of nitrogens with one attached hydrogen (secondary N) is 1. The first kappa shape index (κ1) is 13.3. The first-order chi connectivity index (χ1) is 7.84. The van der Waals surface area contributed by atoms with Gasteiger partial charge in [-0.3, -0.25) is 4.79 Å². The summed E-state index contributed by atoms with van der Waals surface area (Å²) in [6.45, 7) is 6.00. The van der Waals surface area contributed by atoms with Crippen LogP contribution < -0.4 is 5.32 Å². The number of halogens is 4. The molecule has 0 aromatic heterocycles. The first-order valence-corrected chi connectivity index (χ1v) is 4.72. The number of amides is 1. The van der Waals surface area contributed by atoms with E-state index < -0.39 is 29.2 Å². The summed E-state index contributed by atoms with van der Waals surface area (Å²) in [7, 11) is 0. The van der Waals surface area contributed by atoms with Crippen molar-refractivity contribution in [1.29, 1.82) is 0 Å². The van der Waals surface area contributed by atoms with Crippen LogP contribution in [0.25, 0.3) is 4.85 Å². The summed E-state index contributed by atoms with van der Waals surface area (Å²) < 4.78 is 37.4. The normalized spacial score (nSPS) is 10.8. The van der Waals surface area contributed by atoms with Gasteiger partial charge in [0, 0.05) is 5.69 Å². The predicted molar refractivity (Wildman–Crippen MR) is 56.6 cm³/mol. The molecule has 0 fully saturated rings. The zero-order valence-corrected chi connectivity index (χ0v) is 9.06. The van der Waals surface area contributed by atoms with Gasteiger partial charge in [-0.25, -0.2) is 6.57 Å². The van der Waals surface area contributed by atoms with Crippen molar-refractivity contribution in [3.8, 4) is 0 Å². The fourth-order valence-corrected chi connectivity index (χ4v) is 1.32. The van der Waals surface area contributed by atoms with Gasteiger partial charge >= 0.3 is 12.1 Å². The summed E-state index contributed by atoms with van der Waals surface area (Å²) in [5.74, 6) is -0.671. The average Bonchev–Trinajstić information content (AvgIpc) is 2.19. The second-order valence-corrected chi connectivity index (χ2v) is 3.46. The summed E-state index contributed by atoms with van der Waals surface area (Å²) in [6.07, 6.45) is -4.59. The quantitative estimate of drug-likeness (QED) is 0.816. The maximum absolute atomic E-state index is 12.5. The van der Waals surface area contributed by atoms with E-state index in [4.69, 9.17) is 18.2 Å². The molecule has 0 aliphatic heterocycles. The van der Waals surface area contributed by atoms with E-state index in [0.717, 1.165) is 12.1 Å². The molecule has 1 N–H and O–H groups in total. The molecule has 0 bridgehead atoms. The standard InChI is InChI=1S/C10H6ClF3N2O/c1-15-5-9(17)16-6-2-3-8(11)7(4-6)10(12,13)14/h2-4H,5H2,(H,16,17). The van der Waals surface area contributed by atoms with Gasteiger partial charge in [-0.05, 0) is 18.2 Å². The van der Waals surface area contributed by atoms with Crippen LogP contribution in [-0.4, -0.2) is 12.5 Å². The Morgan fingerprint density at radius 1 is 1.47 bits per heavy atom. The largest absolute Gasteiger partial charge is 0.417 e. The maximum Gasteiger partial charge on any atom is 0.417 e. The zero-order chi connectivity index (χ0) is 13.1. The topological polar surface area (TPSA) is 33.5 Å². The lowest BCUT2D eigenvalue weighted by Gasteiger charge is -2.10. The van der Waals surface area contributed by atoms with Gasteiger partial charge in [-0.2, -0.15) is 13.2 Å². The molecule has 0 radical (unpaired) electrons. The zero-order valence-electron chi connectivity index (χ0n) is 8.31. The minimum atomic E-state index is -4.59. The smallest absolute Gasteiger partial charge is 0.320 e. The highest BCUT2D eigenvalue weighted by molar-refractivity contribution is 6.31. The lowest BCUT2D eigenvalue weighted by molar-refractivity contribution is -0.137. The van der Waals surface area contributed by atoms with Crippen LogP contribution in [0.5, 0.6) is 0 Å². The molecule has 0 atom stereocenters. The number of carbonyl (C=O) groups is 1. The van der Waals surface area contributed by atoms with Gasteiger partial charge in [-0.15, -0.1) is 0 Å². The lowest BCUT2D eigenvalue weighted by Crippen LogP contribution is -2.15. The Labute approximate surface area is 100 Å². The van der Waals surface area contributed by atoms with Crippen molar-refractivity contribution in [3.63, 3.8) is 0 Å². The molecular weight excluding hydrogens is 257 g/mol. The molecular formula is C10H6ClF3N2O. The molecule has 0 heterocycles. The number of anilines is 1. The molecule has 1 aromatic carbocycles. The molecule has 3 nitrogen and oxygen atoms in total. The molecule has 1 rings (SSSR count). The fourth-order valence-electron chi connectivity index (χ4n) is 1.09. The van der Waals surface area contributed by atoms with Gasteiger partial charge in [0.25, 0.3) is 6.54 Å². The Morgan fingerprint density at radius 3 is 2.65 bits per heavy atom. The molecule has 0 unspecified atom stereocenters. The fraction of sp³-hybridized carbons (Fsp3) is 0.200. The second kappa shape index (κ2) is 5.06. The Balaban J connectivity index is 2.98. The Morgan fingerprint density at radius 2 is 2.12 bits per heavy atom. The Bertz CT molecular complexity index is 479. The van der Waals surface area contributed by atoms with Crippen LogP contribution >= 0.6 is 11.6 Å². The van der Waals surface area contributed by atoms with Crippen molar-refractivity contribution < 1.29 is 18.0 Å². The van der Waals surface area contributed by atoms with Crippen LogP contribution in [0, 0.1) is 6.57 Å². The van der Waals surface area contributed by atoms with E-state index >= 15 is 0 Å². The molecule has 7 heteroatoms. The second-order valence-electron chi connectivity index (χ2n) is 3.06. The molecule has 17 heavy (non-hydrogen) atoms. The predicted octanol–water partition coefficient (Wildman–Crippen LogP) is 3.22. The van der Waals surface area contributed by atoms with Crippen molar-refractivity contribution in [3.05, 3.63) is 40.2 Å². The molecule has 90 valence electrons.